The average Bonchev–Trinajstić information content (AvgIpc) is 3.05. The van der Waals surface area contributed by atoms with Gasteiger partial charge in [0.15, 0.2) is 0 Å². The number of aromatic nitrogens is 3. The van der Waals surface area contributed by atoms with Crippen LogP contribution in [0.2, 0.25) is 0 Å². The molecule has 4 aromatic rings. The van der Waals surface area contributed by atoms with Gasteiger partial charge in [-0.2, -0.15) is 0 Å². The van der Waals surface area contributed by atoms with Crippen LogP contribution in [0.15, 0.2) is 61.2 Å². The van der Waals surface area contributed by atoms with Gasteiger partial charge in [0.25, 0.3) is 0 Å². The van der Waals surface area contributed by atoms with Crippen LogP contribution in [0.3, 0.4) is 0 Å². The van der Waals surface area contributed by atoms with Crippen LogP contribution in [0.4, 0.5) is 0 Å². The molecule has 0 aliphatic rings. The maximum absolute atomic E-state index is 5.96. The predicted octanol–water partition coefficient (Wildman–Crippen LogP) is 3.36. The summed E-state index contributed by atoms with van der Waals surface area (Å²) in [4.78, 5) is 8.51. The van der Waals surface area contributed by atoms with Gasteiger partial charge < -0.3 is 0 Å². The van der Waals surface area contributed by atoms with Crippen molar-refractivity contribution < 1.29 is 9.47 Å². The minimum atomic E-state index is 0.352. The van der Waals surface area contributed by atoms with Gasteiger partial charge in [-0.3, -0.25) is 0 Å². The Labute approximate surface area is 145 Å². The van der Waals surface area contributed by atoms with Crippen molar-refractivity contribution in [2.24, 2.45) is 0 Å². The van der Waals surface area contributed by atoms with Gasteiger partial charge in [0.05, 0.1) is 0 Å². The van der Waals surface area contributed by atoms with Crippen LogP contribution < -0.4 is 4.74 Å². The summed E-state index contributed by atoms with van der Waals surface area (Å²) < 4.78 is 13.2. The fourth-order valence-corrected chi connectivity index (χ4v) is 2.70. The maximum atomic E-state index is 5.96. The van der Waals surface area contributed by atoms with Gasteiger partial charge in [0, 0.05) is 6.20 Å². The fraction of sp³-hybridized carbons (Fsp3) is 0.105. The van der Waals surface area contributed by atoms with E-state index >= 15 is 0 Å². The van der Waals surface area contributed by atoms with Crippen molar-refractivity contribution in [2.45, 2.75) is 6.92 Å². The summed E-state index contributed by atoms with van der Waals surface area (Å²) in [6.07, 6.45) is 7.14. The van der Waals surface area contributed by atoms with Crippen molar-refractivity contribution in [1.82, 2.24) is 14.4 Å². The molecule has 25 heavy (non-hydrogen) atoms. The number of fused-ring (bicyclic) bond motifs is 2. The molecule has 0 atom stereocenters. The normalized spacial score (nSPS) is 10.9. The molecule has 4 rings (SSSR count). The van der Waals surface area contributed by atoms with Crippen LogP contribution in [0.25, 0.3) is 16.4 Å². The first-order valence-electron chi connectivity index (χ1n) is 7.99. The van der Waals surface area contributed by atoms with E-state index in [1.165, 1.54) is 0 Å². The van der Waals surface area contributed by atoms with E-state index in [4.69, 9.17) is 17.0 Å². The van der Waals surface area contributed by atoms with Gasteiger partial charge >= 0.3 is 139 Å². The Kier molecular flexibility index (Phi) is 3.94. The second-order valence-electron chi connectivity index (χ2n) is 5.52. The Bertz CT molecular complexity index is 1070. The molecule has 0 bridgehead atoms. The second kappa shape index (κ2) is 6.40. The number of benzene rings is 1. The van der Waals surface area contributed by atoms with Gasteiger partial charge in [-0.05, 0) is 0 Å². The number of rotatable bonds is 5. The molecule has 6 heteroatoms. The van der Waals surface area contributed by atoms with E-state index in [0.717, 1.165) is 27.9 Å². The van der Waals surface area contributed by atoms with Crippen molar-refractivity contribution in [3.05, 3.63) is 66.9 Å². The van der Waals surface area contributed by atoms with E-state index in [1.807, 2.05) is 60.1 Å². The van der Waals surface area contributed by atoms with Crippen molar-refractivity contribution >= 4 is 29.6 Å². The number of hydrogen-bond donors (Lipinski definition) is 0. The number of ether oxygens (including phenoxy) is 2. The van der Waals surface area contributed by atoms with Crippen LogP contribution in [0, 0.1) is 0 Å². The summed E-state index contributed by atoms with van der Waals surface area (Å²) in [5.41, 5.74) is 1.81. The molecule has 0 fully saturated rings. The number of nitrogens with zero attached hydrogens (tertiary/aromatic N) is 3. The SMILES string of the molecule is [B]=C(OCC)c1cnc2cc(Oc3ccc4ccncc4c3)ccn12. The molecule has 121 valence electrons. The molecule has 0 N–H and O–H groups in total. The molecule has 3 aromatic heterocycles. The van der Waals surface area contributed by atoms with Gasteiger partial charge in [-0.25, -0.2) is 0 Å². The third kappa shape index (κ3) is 2.98. The zero-order valence-corrected chi connectivity index (χ0v) is 13.7. The molecule has 0 saturated heterocycles. The molecule has 0 aliphatic heterocycles. The predicted molar refractivity (Wildman–Crippen MR) is 98.5 cm³/mol. The summed E-state index contributed by atoms with van der Waals surface area (Å²) >= 11 is 0. The minimum absolute atomic E-state index is 0.352. The average molecular weight is 328 g/mol. The molecule has 0 spiro atoms. The summed E-state index contributed by atoms with van der Waals surface area (Å²) in [5.74, 6) is 1.44. The van der Waals surface area contributed by atoms with E-state index in [1.54, 1.807) is 12.4 Å². The Morgan fingerprint density at radius 2 is 1.96 bits per heavy atom. The quantitative estimate of drug-likeness (QED) is 0.527. The molecule has 0 aliphatic carbocycles. The van der Waals surface area contributed by atoms with Gasteiger partial charge in [0.1, 0.15) is 0 Å². The van der Waals surface area contributed by atoms with E-state index in [0.29, 0.717) is 18.0 Å². The third-order valence-corrected chi connectivity index (χ3v) is 3.88. The van der Waals surface area contributed by atoms with Crippen molar-refractivity contribution in [1.29, 1.82) is 0 Å². The third-order valence-electron chi connectivity index (χ3n) is 3.88. The zero-order chi connectivity index (χ0) is 17.2. The van der Waals surface area contributed by atoms with Crippen molar-refractivity contribution in [3.63, 3.8) is 0 Å². The second-order valence-corrected chi connectivity index (χ2v) is 5.52. The molecule has 1 aromatic carbocycles. The van der Waals surface area contributed by atoms with Gasteiger partial charge in [-0.15, -0.1) is 0 Å². The Morgan fingerprint density at radius 3 is 2.84 bits per heavy atom. The molecule has 0 saturated carbocycles. The van der Waals surface area contributed by atoms with Gasteiger partial charge in [-0.1, -0.05) is 0 Å². The molecule has 0 amide bonds. The number of pyridine rings is 2. The Balaban J connectivity index is 1.64. The molecule has 1 radical (unpaired) electrons. The van der Waals surface area contributed by atoms with Crippen LogP contribution >= 0.6 is 0 Å². The molecule has 3 heterocycles. The summed E-state index contributed by atoms with van der Waals surface area (Å²) in [5, 5.41) is 2.15. The van der Waals surface area contributed by atoms with E-state index in [9.17, 15) is 0 Å². The standard InChI is InChI=1S/C19H15BN3O2/c1-2-24-19(20)17-12-22-18-10-16(6-8-23(17)18)25-15-4-3-13-5-7-21-11-14(13)9-15/h3-12H,2H2,1H3. The summed E-state index contributed by atoms with van der Waals surface area (Å²) in [6, 6.07) is 11.6. The summed E-state index contributed by atoms with van der Waals surface area (Å²) in [7, 11) is 5.93. The first-order valence-corrected chi connectivity index (χ1v) is 7.99. The molecular formula is C19H15BN3O2. The van der Waals surface area contributed by atoms with E-state index in [-0.39, 0.29) is 0 Å². The Hall–Kier alpha value is -3.15. The zero-order valence-electron chi connectivity index (χ0n) is 13.7. The topological polar surface area (TPSA) is 48.7 Å². The van der Waals surface area contributed by atoms with E-state index < -0.39 is 0 Å². The van der Waals surface area contributed by atoms with Crippen molar-refractivity contribution in [3.8, 4) is 11.5 Å². The molecular weight excluding hydrogens is 313 g/mol. The monoisotopic (exact) mass is 328 g/mol. The van der Waals surface area contributed by atoms with Crippen LogP contribution in [-0.2, 0) is 4.74 Å². The Morgan fingerprint density at radius 1 is 1.08 bits per heavy atom. The van der Waals surface area contributed by atoms with E-state index in [2.05, 4.69) is 9.97 Å². The first-order chi connectivity index (χ1) is 12.2. The van der Waals surface area contributed by atoms with Crippen LogP contribution in [0.1, 0.15) is 12.6 Å². The summed E-state index contributed by atoms with van der Waals surface area (Å²) in [6.45, 7) is 2.40. The van der Waals surface area contributed by atoms with Crippen LogP contribution in [0.5, 0.6) is 11.5 Å². The number of hydrogen-bond acceptors (Lipinski definition) is 4. The molecule has 0 unspecified atom stereocenters. The first kappa shape index (κ1) is 15.4. The number of imidazole rings is 1. The fourth-order valence-electron chi connectivity index (χ4n) is 2.70. The van der Waals surface area contributed by atoms with Crippen molar-refractivity contribution in [2.75, 3.05) is 6.61 Å². The van der Waals surface area contributed by atoms with Gasteiger partial charge in [0.2, 0.25) is 0 Å². The molecule has 5 nitrogen and oxygen atoms in total. The van der Waals surface area contributed by atoms with Crippen LogP contribution in [-0.4, -0.2) is 34.1 Å².